The first-order valence-electron chi connectivity index (χ1n) is 5.86. The van der Waals surface area contributed by atoms with E-state index < -0.39 is 0 Å². The maximum atomic E-state index is 10.9. The second kappa shape index (κ2) is 6.62. The molecule has 0 radical (unpaired) electrons. The van der Waals surface area contributed by atoms with Gasteiger partial charge in [0.05, 0.1) is 0 Å². The van der Waals surface area contributed by atoms with Crippen molar-refractivity contribution < 1.29 is 4.79 Å². The van der Waals surface area contributed by atoms with E-state index in [0.29, 0.717) is 6.04 Å². The van der Waals surface area contributed by atoms with Gasteiger partial charge in [0.2, 0.25) is 5.91 Å². The van der Waals surface area contributed by atoms with Crippen molar-refractivity contribution in [2.24, 2.45) is 0 Å². The van der Waals surface area contributed by atoms with E-state index in [1.54, 1.807) is 0 Å². The summed E-state index contributed by atoms with van der Waals surface area (Å²) >= 11 is 0. The fourth-order valence-corrected chi connectivity index (χ4v) is 2.14. The molecule has 1 saturated heterocycles. The maximum absolute atomic E-state index is 10.9. The fraction of sp³-hybridized carbons (Fsp3) is 0.462. The summed E-state index contributed by atoms with van der Waals surface area (Å²) in [6.07, 6.45) is 3.78. The number of piperidine rings is 1. The number of carbonyl (C=O) groups excluding carboxylic acids is 1. The maximum Gasteiger partial charge on any atom is 0.221 e. The van der Waals surface area contributed by atoms with Gasteiger partial charge >= 0.3 is 0 Å². The summed E-state index contributed by atoms with van der Waals surface area (Å²) < 4.78 is 0. The normalized spacial score (nSPS) is 19.2. The molecule has 1 aliphatic rings. The van der Waals surface area contributed by atoms with E-state index in [-0.39, 0.29) is 18.3 Å². The Labute approximate surface area is 108 Å². The minimum Gasteiger partial charge on any atom is -0.326 e. The van der Waals surface area contributed by atoms with Crippen LogP contribution in [0.25, 0.3) is 0 Å². The van der Waals surface area contributed by atoms with Crippen LogP contribution in [0.3, 0.4) is 0 Å². The van der Waals surface area contributed by atoms with Crippen LogP contribution in [0.5, 0.6) is 0 Å². The van der Waals surface area contributed by atoms with Gasteiger partial charge in [-0.15, -0.1) is 12.4 Å². The van der Waals surface area contributed by atoms with Gasteiger partial charge in [-0.2, -0.15) is 0 Å². The highest BCUT2D eigenvalue weighted by molar-refractivity contribution is 5.88. The van der Waals surface area contributed by atoms with E-state index in [2.05, 4.69) is 22.8 Å². The molecule has 1 atom stereocenters. The Balaban J connectivity index is 0.00000144. The monoisotopic (exact) mass is 254 g/mol. The summed E-state index contributed by atoms with van der Waals surface area (Å²) in [6.45, 7) is 2.63. The smallest absolute Gasteiger partial charge is 0.221 e. The lowest BCUT2D eigenvalue weighted by molar-refractivity contribution is -0.114. The number of rotatable bonds is 2. The highest BCUT2D eigenvalue weighted by Gasteiger charge is 2.13. The van der Waals surface area contributed by atoms with Gasteiger partial charge in [0.1, 0.15) is 0 Å². The molecule has 1 amide bonds. The molecule has 0 saturated carbocycles. The van der Waals surface area contributed by atoms with Crippen LogP contribution in [0.4, 0.5) is 5.69 Å². The molecule has 1 fully saturated rings. The topological polar surface area (TPSA) is 41.1 Å². The van der Waals surface area contributed by atoms with Gasteiger partial charge in [-0.25, -0.2) is 0 Å². The third kappa shape index (κ3) is 4.02. The third-order valence-corrected chi connectivity index (χ3v) is 2.94. The molecule has 4 heteroatoms. The predicted molar refractivity (Wildman–Crippen MR) is 72.6 cm³/mol. The van der Waals surface area contributed by atoms with Crippen molar-refractivity contribution in [2.45, 2.75) is 32.2 Å². The number of carbonyl (C=O) groups is 1. The number of nitrogens with one attached hydrogen (secondary N) is 2. The summed E-state index contributed by atoms with van der Waals surface area (Å²) in [5.41, 5.74) is 2.18. The Morgan fingerprint density at radius 3 is 2.53 bits per heavy atom. The van der Waals surface area contributed by atoms with Crippen LogP contribution in [0.1, 0.15) is 37.8 Å². The molecular weight excluding hydrogens is 236 g/mol. The number of hydrogen-bond donors (Lipinski definition) is 2. The first kappa shape index (κ1) is 14.0. The molecular formula is C13H19ClN2O. The zero-order valence-electron chi connectivity index (χ0n) is 10.0. The van der Waals surface area contributed by atoms with Gasteiger partial charge in [0, 0.05) is 18.7 Å². The number of benzene rings is 1. The van der Waals surface area contributed by atoms with Gasteiger partial charge in [0.25, 0.3) is 0 Å². The molecule has 17 heavy (non-hydrogen) atoms. The molecule has 0 spiro atoms. The molecule has 0 aliphatic carbocycles. The van der Waals surface area contributed by atoms with Crippen LogP contribution >= 0.6 is 12.4 Å². The molecule has 1 aromatic rings. The molecule has 1 heterocycles. The Hall–Kier alpha value is -1.06. The summed E-state index contributed by atoms with van der Waals surface area (Å²) in [5.74, 6) is -0.0245. The lowest BCUT2D eigenvalue weighted by Crippen LogP contribution is -2.26. The van der Waals surface area contributed by atoms with Crippen LogP contribution in [-0.4, -0.2) is 12.5 Å². The van der Waals surface area contributed by atoms with Gasteiger partial charge in [-0.1, -0.05) is 18.6 Å². The summed E-state index contributed by atoms with van der Waals surface area (Å²) in [5, 5.41) is 6.28. The van der Waals surface area contributed by atoms with Crippen molar-refractivity contribution in [3.05, 3.63) is 29.8 Å². The summed E-state index contributed by atoms with van der Waals surface area (Å²) in [6, 6.07) is 8.60. The van der Waals surface area contributed by atoms with Gasteiger partial charge in [-0.3, -0.25) is 4.79 Å². The van der Waals surface area contributed by atoms with Crippen molar-refractivity contribution in [3.63, 3.8) is 0 Å². The van der Waals surface area contributed by atoms with Crippen LogP contribution in [0.2, 0.25) is 0 Å². The van der Waals surface area contributed by atoms with E-state index >= 15 is 0 Å². The largest absolute Gasteiger partial charge is 0.326 e. The molecule has 3 nitrogen and oxygen atoms in total. The Bertz CT molecular complexity index is 358. The number of anilines is 1. The number of amides is 1. The van der Waals surface area contributed by atoms with E-state index in [1.165, 1.54) is 31.7 Å². The first-order chi connectivity index (χ1) is 7.75. The minimum absolute atomic E-state index is 0. The SMILES string of the molecule is CC(=O)Nc1ccc([C@@H]2CCCCN2)cc1.Cl. The minimum atomic E-state index is -0.0245. The standard InChI is InChI=1S/C13H18N2O.ClH/c1-10(16)15-12-7-5-11(6-8-12)13-4-2-3-9-14-13;/h5-8,13-14H,2-4,9H2,1H3,(H,15,16);1H/t13-;/m0./s1. The highest BCUT2D eigenvalue weighted by atomic mass is 35.5. The van der Waals surface area contributed by atoms with E-state index in [4.69, 9.17) is 0 Å². The Morgan fingerprint density at radius 1 is 1.29 bits per heavy atom. The van der Waals surface area contributed by atoms with E-state index in [0.717, 1.165) is 12.2 Å². The van der Waals surface area contributed by atoms with Crippen LogP contribution in [0.15, 0.2) is 24.3 Å². The van der Waals surface area contributed by atoms with Crippen LogP contribution in [0, 0.1) is 0 Å². The fourth-order valence-electron chi connectivity index (χ4n) is 2.14. The second-order valence-corrected chi connectivity index (χ2v) is 4.31. The molecule has 1 aliphatic heterocycles. The zero-order valence-corrected chi connectivity index (χ0v) is 10.8. The van der Waals surface area contributed by atoms with Crippen molar-refractivity contribution in [3.8, 4) is 0 Å². The average Bonchev–Trinajstić information content (AvgIpc) is 2.30. The van der Waals surface area contributed by atoms with Gasteiger partial charge in [-0.05, 0) is 37.1 Å². The van der Waals surface area contributed by atoms with Crippen molar-refractivity contribution in [1.82, 2.24) is 5.32 Å². The average molecular weight is 255 g/mol. The molecule has 2 rings (SSSR count). The molecule has 1 aromatic carbocycles. The second-order valence-electron chi connectivity index (χ2n) is 4.31. The molecule has 2 N–H and O–H groups in total. The first-order valence-corrected chi connectivity index (χ1v) is 5.86. The van der Waals surface area contributed by atoms with Crippen LogP contribution < -0.4 is 10.6 Å². The Morgan fingerprint density at radius 2 is 2.00 bits per heavy atom. The van der Waals surface area contributed by atoms with Crippen LogP contribution in [-0.2, 0) is 4.79 Å². The van der Waals surface area contributed by atoms with Crippen molar-refractivity contribution in [2.75, 3.05) is 11.9 Å². The Kier molecular flexibility index (Phi) is 5.45. The number of hydrogen-bond acceptors (Lipinski definition) is 2. The third-order valence-electron chi connectivity index (χ3n) is 2.94. The quantitative estimate of drug-likeness (QED) is 0.852. The van der Waals surface area contributed by atoms with E-state index in [1.807, 2.05) is 12.1 Å². The van der Waals surface area contributed by atoms with Gasteiger partial charge < -0.3 is 10.6 Å². The van der Waals surface area contributed by atoms with Gasteiger partial charge in [0.15, 0.2) is 0 Å². The summed E-state index contributed by atoms with van der Waals surface area (Å²) in [7, 11) is 0. The van der Waals surface area contributed by atoms with Crippen molar-refractivity contribution >= 4 is 24.0 Å². The predicted octanol–water partition coefficient (Wildman–Crippen LogP) is 2.88. The summed E-state index contributed by atoms with van der Waals surface area (Å²) in [4.78, 5) is 10.9. The molecule has 0 bridgehead atoms. The molecule has 94 valence electrons. The number of halogens is 1. The van der Waals surface area contributed by atoms with Crippen molar-refractivity contribution in [1.29, 1.82) is 0 Å². The lowest BCUT2D eigenvalue weighted by atomic mass is 9.97. The molecule has 0 aromatic heterocycles. The molecule has 0 unspecified atom stereocenters. The van der Waals surface area contributed by atoms with E-state index in [9.17, 15) is 4.79 Å². The highest BCUT2D eigenvalue weighted by Crippen LogP contribution is 2.23. The zero-order chi connectivity index (χ0) is 11.4. The lowest BCUT2D eigenvalue weighted by Gasteiger charge is -2.23.